The van der Waals surface area contributed by atoms with Crippen LogP contribution >= 0.6 is 0 Å². The number of guanidine groups is 1. The number of nitrogens with one attached hydrogen (secondary N) is 2. The van der Waals surface area contributed by atoms with Crippen LogP contribution in [0.5, 0.6) is 0 Å². The van der Waals surface area contributed by atoms with Gasteiger partial charge in [-0.05, 0) is 37.8 Å². The third-order valence-electron chi connectivity index (χ3n) is 3.94. The van der Waals surface area contributed by atoms with Crippen molar-refractivity contribution in [2.45, 2.75) is 66.3 Å². The predicted octanol–water partition coefficient (Wildman–Crippen LogP) is 3.98. The third-order valence-corrected chi connectivity index (χ3v) is 3.94. The SMILES string of the molecule is CCNC(=NCc1cccc(COC(C)C)c1)NCc1cc(C(C)C)no1. The Morgan fingerprint density at radius 2 is 1.93 bits per heavy atom. The lowest BCUT2D eigenvalue weighted by Crippen LogP contribution is -2.36. The quantitative estimate of drug-likeness (QED) is 0.515. The van der Waals surface area contributed by atoms with Crippen LogP contribution < -0.4 is 10.6 Å². The zero-order chi connectivity index (χ0) is 19.6. The van der Waals surface area contributed by atoms with Crippen molar-refractivity contribution in [3.63, 3.8) is 0 Å². The lowest BCUT2D eigenvalue weighted by atomic mass is 10.1. The van der Waals surface area contributed by atoms with Crippen molar-refractivity contribution >= 4 is 5.96 Å². The van der Waals surface area contributed by atoms with Crippen LogP contribution in [0.2, 0.25) is 0 Å². The minimum atomic E-state index is 0.225. The average Bonchev–Trinajstić information content (AvgIpc) is 3.12. The van der Waals surface area contributed by atoms with Crippen molar-refractivity contribution in [1.29, 1.82) is 0 Å². The number of hydrogen-bond donors (Lipinski definition) is 2. The molecule has 0 saturated carbocycles. The molecule has 0 saturated heterocycles. The van der Waals surface area contributed by atoms with E-state index in [0.717, 1.165) is 35.1 Å². The third kappa shape index (κ3) is 7.43. The van der Waals surface area contributed by atoms with E-state index in [9.17, 15) is 0 Å². The summed E-state index contributed by atoms with van der Waals surface area (Å²) in [6.07, 6.45) is 0.225. The van der Waals surface area contributed by atoms with E-state index in [1.165, 1.54) is 0 Å². The zero-order valence-corrected chi connectivity index (χ0v) is 17.1. The molecule has 0 bridgehead atoms. The van der Waals surface area contributed by atoms with E-state index in [-0.39, 0.29) is 6.10 Å². The van der Waals surface area contributed by atoms with Gasteiger partial charge in [0.2, 0.25) is 0 Å². The number of aromatic nitrogens is 1. The van der Waals surface area contributed by atoms with Crippen LogP contribution in [0.15, 0.2) is 39.8 Å². The number of nitrogens with zero attached hydrogens (tertiary/aromatic N) is 2. The first-order valence-corrected chi connectivity index (χ1v) is 9.65. The molecule has 148 valence electrons. The summed E-state index contributed by atoms with van der Waals surface area (Å²) in [5, 5.41) is 10.6. The van der Waals surface area contributed by atoms with Gasteiger partial charge >= 0.3 is 0 Å². The maximum atomic E-state index is 5.68. The summed E-state index contributed by atoms with van der Waals surface area (Å²) in [7, 11) is 0. The summed E-state index contributed by atoms with van der Waals surface area (Å²) >= 11 is 0. The molecule has 0 aliphatic rings. The zero-order valence-electron chi connectivity index (χ0n) is 17.1. The smallest absolute Gasteiger partial charge is 0.191 e. The Hall–Kier alpha value is -2.34. The molecule has 1 aromatic carbocycles. The summed E-state index contributed by atoms with van der Waals surface area (Å²) in [4.78, 5) is 4.67. The molecule has 0 unspecified atom stereocenters. The van der Waals surface area contributed by atoms with Gasteiger partial charge in [0, 0.05) is 12.6 Å². The van der Waals surface area contributed by atoms with Gasteiger partial charge < -0.3 is 19.9 Å². The Morgan fingerprint density at radius 1 is 1.15 bits per heavy atom. The van der Waals surface area contributed by atoms with Gasteiger partial charge in [0.15, 0.2) is 11.7 Å². The van der Waals surface area contributed by atoms with Crippen LogP contribution in [-0.4, -0.2) is 23.8 Å². The molecule has 1 heterocycles. The van der Waals surface area contributed by atoms with Gasteiger partial charge in [-0.25, -0.2) is 4.99 Å². The van der Waals surface area contributed by atoms with E-state index >= 15 is 0 Å². The van der Waals surface area contributed by atoms with E-state index in [1.807, 2.05) is 32.9 Å². The first-order chi connectivity index (χ1) is 13.0. The summed E-state index contributed by atoms with van der Waals surface area (Å²) in [5.41, 5.74) is 3.28. The maximum absolute atomic E-state index is 5.68. The van der Waals surface area contributed by atoms with Crippen molar-refractivity contribution in [2.24, 2.45) is 4.99 Å². The molecule has 2 rings (SSSR count). The van der Waals surface area contributed by atoms with Gasteiger partial charge in [-0.15, -0.1) is 0 Å². The lowest BCUT2D eigenvalue weighted by molar-refractivity contribution is 0.0657. The van der Waals surface area contributed by atoms with Crippen LogP contribution in [0.3, 0.4) is 0 Å². The number of ether oxygens (including phenoxy) is 1. The molecule has 2 N–H and O–H groups in total. The number of rotatable bonds is 9. The number of benzene rings is 1. The molecular weight excluding hydrogens is 340 g/mol. The molecule has 27 heavy (non-hydrogen) atoms. The largest absolute Gasteiger partial charge is 0.374 e. The van der Waals surface area contributed by atoms with Gasteiger partial charge in [-0.2, -0.15) is 0 Å². The molecule has 0 radical (unpaired) electrons. The fourth-order valence-electron chi connectivity index (χ4n) is 2.45. The molecule has 0 amide bonds. The van der Waals surface area contributed by atoms with Gasteiger partial charge in [0.05, 0.1) is 31.5 Å². The first-order valence-electron chi connectivity index (χ1n) is 9.65. The normalized spacial score (nSPS) is 12.0. The van der Waals surface area contributed by atoms with Gasteiger partial charge in [-0.1, -0.05) is 43.3 Å². The highest BCUT2D eigenvalue weighted by atomic mass is 16.5. The Labute approximate surface area is 162 Å². The second-order valence-electron chi connectivity index (χ2n) is 7.10. The van der Waals surface area contributed by atoms with E-state index in [2.05, 4.69) is 52.8 Å². The number of aliphatic imine (C=N–C) groups is 1. The highest BCUT2D eigenvalue weighted by molar-refractivity contribution is 5.79. The average molecular weight is 373 g/mol. The molecule has 1 aromatic heterocycles. The molecule has 0 aliphatic heterocycles. The fraction of sp³-hybridized carbons (Fsp3) is 0.524. The monoisotopic (exact) mass is 372 g/mol. The van der Waals surface area contributed by atoms with Crippen LogP contribution in [0.1, 0.15) is 63.1 Å². The summed E-state index contributed by atoms with van der Waals surface area (Å²) in [5.74, 6) is 1.91. The fourth-order valence-corrected chi connectivity index (χ4v) is 2.45. The highest BCUT2D eigenvalue weighted by Crippen LogP contribution is 2.14. The molecule has 0 fully saturated rings. The molecule has 2 aromatic rings. The topological polar surface area (TPSA) is 71.7 Å². The van der Waals surface area contributed by atoms with Crippen molar-refractivity contribution in [3.05, 3.63) is 52.9 Å². The van der Waals surface area contributed by atoms with Crippen molar-refractivity contribution in [3.8, 4) is 0 Å². The van der Waals surface area contributed by atoms with Gasteiger partial charge in [0.1, 0.15) is 0 Å². The highest BCUT2D eigenvalue weighted by Gasteiger charge is 2.08. The van der Waals surface area contributed by atoms with Crippen LogP contribution in [0.4, 0.5) is 0 Å². The summed E-state index contributed by atoms with van der Waals surface area (Å²) in [6, 6.07) is 10.3. The van der Waals surface area contributed by atoms with Gasteiger partial charge in [0.25, 0.3) is 0 Å². The standard InChI is InChI=1S/C21H32N4O2/c1-6-22-21(24-13-19-11-20(15(2)3)25-27-19)23-12-17-8-7-9-18(10-17)14-26-16(4)5/h7-11,15-16H,6,12-14H2,1-5H3,(H2,22,23,24). The minimum Gasteiger partial charge on any atom is -0.374 e. The Bertz CT molecular complexity index is 722. The van der Waals surface area contributed by atoms with E-state index in [0.29, 0.717) is 25.6 Å². The van der Waals surface area contributed by atoms with Crippen molar-refractivity contribution < 1.29 is 9.26 Å². The van der Waals surface area contributed by atoms with E-state index in [1.54, 1.807) is 0 Å². The molecular formula is C21H32N4O2. The van der Waals surface area contributed by atoms with Gasteiger partial charge in [-0.3, -0.25) is 0 Å². The number of hydrogen-bond acceptors (Lipinski definition) is 4. The molecule has 6 nitrogen and oxygen atoms in total. The Kier molecular flexibility index (Phi) is 8.33. The van der Waals surface area contributed by atoms with Crippen molar-refractivity contribution in [2.75, 3.05) is 6.54 Å². The summed E-state index contributed by atoms with van der Waals surface area (Å²) in [6.45, 7) is 12.9. The molecule has 6 heteroatoms. The van der Waals surface area contributed by atoms with Crippen molar-refractivity contribution in [1.82, 2.24) is 15.8 Å². The Balaban J connectivity index is 1.94. The second kappa shape index (κ2) is 10.7. The molecule has 0 spiro atoms. The van der Waals surface area contributed by atoms with E-state index in [4.69, 9.17) is 9.26 Å². The van der Waals surface area contributed by atoms with Crippen LogP contribution in [0.25, 0.3) is 0 Å². The molecule has 0 aliphatic carbocycles. The van der Waals surface area contributed by atoms with E-state index < -0.39 is 0 Å². The first kappa shape index (κ1) is 21.0. The predicted molar refractivity (Wildman–Crippen MR) is 109 cm³/mol. The summed E-state index contributed by atoms with van der Waals surface area (Å²) < 4.78 is 11.0. The lowest BCUT2D eigenvalue weighted by Gasteiger charge is -2.11. The minimum absolute atomic E-state index is 0.225. The second-order valence-corrected chi connectivity index (χ2v) is 7.10. The Morgan fingerprint density at radius 3 is 2.59 bits per heavy atom. The van der Waals surface area contributed by atoms with Crippen LogP contribution in [-0.2, 0) is 24.4 Å². The maximum Gasteiger partial charge on any atom is 0.191 e. The van der Waals surface area contributed by atoms with Crippen LogP contribution in [0, 0.1) is 0 Å². The molecule has 0 atom stereocenters.